The number of hydrogen-bond acceptors (Lipinski definition) is 4. The highest BCUT2D eigenvalue weighted by Gasteiger charge is 1.96. The zero-order chi connectivity index (χ0) is 11.1. The normalized spacial score (nSPS) is 10.7. The number of rotatable bonds is 6. The van der Waals surface area contributed by atoms with Crippen molar-refractivity contribution in [3.8, 4) is 5.88 Å². The van der Waals surface area contributed by atoms with Gasteiger partial charge in [0.1, 0.15) is 0 Å². The van der Waals surface area contributed by atoms with Gasteiger partial charge < -0.3 is 15.0 Å². The van der Waals surface area contributed by atoms with Crippen molar-refractivity contribution < 1.29 is 4.74 Å². The first-order valence-electron chi connectivity index (χ1n) is 5.06. The van der Waals surface area contributed by atoms with E-state index in [9.17, 15) is 0 Å². The first-order valence-corrected chi connectivity index (χ1v) is 5.06. The molecule has 0 aliphatic rings. The molecule has 0 aromatic carbocycles. The van der Waals surface area contributed by atoms with E-state index >= 15 is 0 Å². The van der Waals surface area contributed by atoms with Gasteiger partial charge in [0, 0.05) is 31.9 Å². The summed E-state index contributed by atoms with van der Waals surface area (Å²) in [6.07, 6.45) is 1.77. The fourth-order valence-corrected chi connectivity index (χ4v) is 1.21. The third-order valence-electron chi connectivity index (χ3n) is 2.07. The lowest BCUT2D eigenvalue weighted by Crippen LogP contribution is -2.26. The van der Waals surface area contributed by atoms with Crippen LogP contribution in [0, 0.1) is 0 Å². The summed E-state index contributed by atoms with van der Waals surface area (Å²) in [5.74, 6) is 0.668. The molecule has 0 amide bonds. The van der Waals surface area contributed by atoms with Crippen molar-refractivity contribution >= 4 is 0 Å². The van der Waals surface area contributed by atoms with E-state index in [-0.39, 0.29) is 0 Å². The lowest BCUT2D eigenvalue weighted by atomic mass is 10.2. The standard InChI is InChI=1S/C11H19N3O/c1-14(2)7-6-12-9-10-4-5-13-11(8-10)15-3/h4-5,8,12H,6-7,9H2,1-3H3. The summed E-state index contributed by atoms with van der Waals surface area (Å²) >= 11 is 0. The van der Waals surface area contributed by atoms with Crippen molar-refractivity contribution in [2.24, 2.45) is 0 Å². The van der Waals surface area contributed by atoms with E-state index in [0.29, 0.717) is 5.88 Å². The van der Waals surface area contributed by atoms with Gasteiger partial charge >= 0.3 is 0 Å². The molecule has 0 radical (unpaired) electrons. The molecule has 1 N–H and O–H groups in total. The Morgan fingerprint density at radius 3 is 2.93 bits per heavy atom. The highest BCUT2D eigenvalue weighted by atomic mass is 16.5. The maximum absolute atomic E-state index is 5.05. The molecule has 4 nitrogen and oxygen atoms in total. The predicted octanol–water partition coefficient (Wildman–Crippen LogP) is 0.741. The lowest BCUT2D eigenvalue weighted by molar-refractivity contribution is 0.394. The van der Waals surface area contributed by atoms with E-state index in [2.05, 4.69) is 29.3 Å². The van der Waals surface area contributed by atoms with E-state index in [0.717, 1.165) is 19.6 Å². The van der Waals surface area contributed by atoms with Crippen LogP contribution in [0.2, 0.25) is 0 Å². The predicted molar refractivity (Wildman–Crippen MR) is 61.0 cm³/mol. The summed E-state index contributed by atoms with van der Waals surface area (Å²) in [5.41, 5.74) is 1.20. The highest BCUT2D eigenvalue weighted by molar-refractivity contribution is 5.20. The molecule has 4 heteroatoms. The van der Waals surface area contributed by atoms with Gasteiger partial charge in [0.2, 0.25) is 5.88 Å². The van der Waals surface area contributed by atoms with Crippen LogP contribution in [0.15, 0.2) is 18.3 Å². The Morgan fingerprint density at radius 1 is 1.47 bits per heavy atom. The van der Waals surface area contributed by atoms with Crippen LogP contribution < -0.4 is 10.1 Å². The summed E-state index contributed by atoms with van der Waals surface area (Å²) < 4.78 is 5.05. The lowest BCUT2D eigenvalue weighted by Gasteiger charge is -2.10. The molecule has 0 aliphatic carbocycles. The molecule has 1 heterocycles. The molecule has 1 aromatic heterocycles. The number of ether oxygens (including phenoxy) is 1. The van der Waals surface area contributed by atoms with Gasteiger partial charge in [-0.2, -0.15) is 0 Å². The van der Waals surface area contributed by atoms with Crippen LogP contribution in [-0.2, 0) is 6.54 Å². The Labute approximate surface area is 91.3 Å². The monoisotopic (exact) mass is 209 g/mol. The van der Waals surface area contributed by atoms with Crippen LogP contribution >= 0.6 is 0 Å². The Kier molecular flexibility index (Phi) is 5.07. The molecule has 1 aromatic rings. The minimum absolute atomic E-state index is 0.668. The first-order chi connectivity index (χ1) is 7.22. The summed E-state index contributed by atoms with van der Waals surface area (Å²) in [6, 6.07) is 3.94. The molecule has 0 saturated heterocycles. The maximum Gasteiger partial charge on any atom is 0.213 e. The molecule has 0 spiro atoms. The average Bonchev–Trinajstić information content (AvgIpc) is 2.24. The van der Waals surface area contributed by atoms with Crippen LogP contribution in [-0.4, -0.2) is 44.2 Å². The second kappa shape index (κ2) is 6.37. The van der Waals surface area contributed by atoms with Crippen molar-refractivity contribution in [2.45, 2.75) is 6.54 Å². The smallest absolute Gasteiger partial charge is 0.213 e. The Balaban J connectivity index is 2.30. The van der Waals surface area contributed by atoms with Crippen LogP contribution in [0.3, 0.4) is 0 Å². The summed E-state index contributed by atoms with van der Waals surface area (Å²) in [5, 5.41) is 3.36. The molecule has 0 fully saturated rings. The zero-order valence-electron chi connectivity index (χ0n) is 9.66. The van der Waals surface area contributed by atoms with Crippen LogP contribution in [0.4, 0.5) is 0 Å². The van der Waals surface area contributed by atoms with E-state index < -0.39 is 0 Å². The summed E-state index contributed by atoms with van der Waals surface area (Å²) in [6.45, 7) is 2.88. The van der Waals surface area contributed by atoms with Gasteiger partial charge in [0.05, 0.1) is 7.11 Å². The Morgan fingerprint density at radius 2 is 2.27 bits per heavy atom. The van der Waals surface area contributed by atoms with Gasteiger partial charge in [-0.1, -0.05) is 0 Å². The van der Waals surface area contributed by atoms with Crippen molar-refractivity contribution in [1.29, 1.82) is 0 Å². The topological polar surface area (TPSA) is 37.4 Å². The highest BCUT2D eigenvalue weighted by Crippen LogP contribution is 2.07. The van der Waals surface area contributed by atoms with Gasteiger partial charge in [-0.3, -0.25) is 0 Å². The molecular formula is C11H19N3O. The number of likely N-dealkylation sites (N-methyl/N-ethyl adjacent to an activating group) is 1. The SMILES string of the molecule is COc1cc(CNCCN(C)C)ccn1. The zero-order valence-corrected chi connectivity index (χ0v) is 9.66. The van der Waals surface area contributed by atoms with E-state index in [1.165, 1.54) is 5.56 Å². The minimum Gasteiger partial charge on any atom is -0.481 e. The quantitative estimate of drug-likeness (QED) is 0.701. The molecule has 0 aliphatic heterocycles. The molecule has 0 unspecified atom stereocenters. The fraction of sp³-hybridized carbons (Fsp3) is 0.545. The van der Waals surface area contributed by atoms with Crippen LogP contribution in [0.25, 0.3) is 0 Å². The Hall–Kier alpha value is -1.13. The molecule has 1 rings (SSSR count). The third-order valence-corrected chi connectivity index (χ3v) is 2.07. The second-order valence-electron chi connectivity index (χ2n) is 3.69. The second-order valence-corrected chi connectivity index (χ2v) is 3.69. The van der Waals surface area contributed by atoms with Gasteiger partial charge in [-0.15, -0.1) is 0 Å². The molecule has 0 bridgehead atoms. The van der Waals surface area contributed by atoms with Gasteiger partial charge in [-0.25, -0.2) is 4.98 Å². The first kappa shape index (κ1) is 11.9. The molecule has 15 heavy (non-hydrogen) atoms. The van der Waals surface area contributed by atoms with E-state index in [4.69, 9.17) is 4.74 Å². The van der Waals surface area contributed by atoms with Crippen molar-refractivity contribution in [2.75, 3.05) is 34.3 Å². The number of pyridine rings is 1. The number of aromatic nitrogens is 1. The van der Waals surface area contributed by atoms with Crippen LogP contribution in [0.1, 0.15) is 5.56 Å². The molecule has 0 saturated carbocycles. The summed E-state index contributed by atoms with van der Waals surface area (Å²) in [7, 11) is 5.76. The average molecular weight is 209 g/mol. The van der Waals surface area contributed by atoms with Crippen molar-refractivity contribution in [3.05, 3.63) is 23.9 Å². The number of methoxy groups -OCH3 is 1. The molecule has 84 valence electrons. The number of nitrogens with one attached hydrogen (secondary N) is 1. The van der Waals surface area contributed by atoms with Gasteiger partial charge in [0.15, 0.2) is 0 Å². The van der Waals surface area contributed by atoms with E-state index in [1.807, 2.05) is 12.1 Å². The molecular weight excluding hydrogens is 190 g/mol. The largest absolute Gasteiger partial charge is 0.481 e. The van der Waals surface area contributed by atoms with E-state index in [1.54, 1.807) is 13.3 Å². The minimum atomic E-state index is 0.668. The number of hydrogen-bond donors (Lipinski definition) is 1. The third kappa shape index (κ3) is 4.76. The Bertz CT molecular complexity index is 289. The number of nitrogens with zero attached hydrogens (tertiary/aromatic N) is 2. The summed E-state index contributed by atoms with van der Waals surface area (Å²) in [4.78, 5) is 6.21. The van der Waals surface area contributed by atoms with Gasteiger partial charge in [0.25, 0.3) is 0 Å². The van der Waals surface area contributed by atoms with Crippen molar-refractivity contribution in [3.63, 3.8) is 0 Å². The van der Waals surface area contributed by atoms with Crippen molar-refractivity contribution in [1.82, 2.24) is 15.2 Å². The van der Waals surface area contributed by atoms with Gasteiger partial charge in [-0.05, 0) is 25.7 Å². The fourth-order valence-electron chi connectivity index (χ4n) is 1.21. The molecule has 0 atom stereocenters. The van der Waals surface area contributed by atoms with Crippen LogP contribution in [0.5, 0.6) is 5.88 Å². The maximum atomic E-state index is 5.05.